The van der Waals surface area contributed by atoms with Gasteiger partial charge >= 0.3 is 0 Å². The monoisotopic (exact) mass is 379 g/mol. The van der Waals surface area contributed by atoms with Crippen LogP contribution in [0.2, 0.25) is 0 Å². The molecule has 6 nitrogen and oxygen atoms in total. The highest BCUT2D eigenvalue weighted by Gasteiger charge is 2.16. The zero-order valence-electron chi connectivity index (χ0n) is 14.9. The van der Waals surface area contributed by atoms with Crippen LogP contribution in [0.15, 0.2) is 62.9 Å². The smallest absolute Gasteiger partial charge is 0.297 e. The molecule has 4 aromatic rings. The van der Waals surface area contributed by atoms with E-state index in [1.165, 1.54) is 16.3 Å². The Balaban J connectivity index is 1.60. The fraction of sp³-hybridized carbons (Fsp3) is 0.150. The first kappa shape index (κ1) is 17.4. The first-order valence-corrected chi connectivity index (χ1v) is 9.39. The van der Waals surface area contributed by atoms with E-state index in [0.717, 1.165) is 16.6 Å². The lowest BCUT2D eigenvalue weighted by Crippen LogP contribution is -2.21. The van der Waals surface area contributed by atoms with Gasteiger partial charge in [0.25, 0.3) is 5.56 Å². The van der Waals surface area contributed by atoms with E-state index >= 15 is 0 Å². The number of aromatic nitrogens is 2. The molecule has 0 aliphatic rings. The molecule has 1 N–H and O–H groups in total. The fourth-order valence-corrected chi connectivity index (χ4v) is 3.64. The van der Waals surface area contributed by atoms with Crippen molar-refractivity contribution in [2.75, 3.05) is 11.1 Å². The van der Waals surface area contributed by atoms with Crippen molar-refractivity contribution in [2.24, 2.45) is 7.05 Å². The summed E-state index contributed by atoms with van der Waals surface area (Å²) in [5, 5.41) is 4.11. The van der Waals surface area contributed by atoms with E-state index in [-0.39, 0.29) is 22.8 Å². The van der Waals surface area contributed by atoms with Crippen molar-refractivity contribution in [3.05, 3.63) is 64.4 Å². The molecule has 0 saturated heterocycles. The van der Waals surface area contributed by atoms with Crippen LogP contribution < -0.4 is 10.9 Å². The van der Waals surface area contributed by atoms with Crippen LogP contribution in [0.25, 0.3) is 22.1 Å². The van der Waals surface area contributed by atoms with E-state index in [1.54, 1.807) is 13.1 Å². The quantitative estimate of drug-likeness (QED) is 0.432. The molecule has 27 heavy (non-hydrogen) atoms. The second-order valence-electron chi connectivity index (χ2n) is 6.24. The Morgan fingerprint density at radius 1 is 1.22 bits per heavy atom. The summed E-state index contributed by atoms with van der Waals surface area (Å²) in [6.45, 7) is 1.97. The number of nitrogens with one attached hydrogen (secondary N) is 1. The SMILES string of the molecule is Cc1cccc(NC(=O)CSc2nc3c(oc4ccccc43)c(=O)n2C)c1. The number of carbonyl (C=O) groups excluding carboxylic acids is 1. The minimum atomic E-state index is -0.266. The maximum atomic E-state index is 12.6. The summed E-state index contributed by atoms with van der Waals surface area (Å²) in [4.78, 5) is 29.4. The molecule has 0 aliphatic heterocycles. The number of furan rings is 1. The summed E-state index contributed by atoms with van der Waals surface area (Å²) in [5.41, 5.74) is 2.93. The summed E-state index contributed by atoms with van der Waals surface area (Å²) >= 11 is 1.22. The van der Waals surface area contributed by atoms with Crippen LogP contribution in [-0.4, -0.2) is 21.2 Å². The summed E-state index contributed by atoms with van der Waals surface area (Å²) < 4.78 is 7.06. The average Bonchev–Trinajstić information content (AvgIpc) is 3.02. The molecule has 2 aromatic heterocycles. The van der Waals surface area contributed by atoms with E-state index in [1.807, 2.05) is 49.4 Å². The zero-order chi connectivity index (χ0) is 19.0. The molecule has 0 spiro atoms. The number of para-hydroxylation sites is 1. The second-order valence-corrected chi connectivity index (χ2v) is 7.18. The van der Waals surface area contributed by atoms with Crippen LogP contribution in [0.3, 0.4) is 0 Å². The third-order valence-electron chi connectivity index (χ3n) is 4.20. The standard InChI is InChI=1S/C20H17N3O3S/c1-12-6-5-7-13(10-12)21-16(24)11-27-20-22-17-14-8-3-4-9-15(14)26-18(17)19(25)23(20)2/h3-10H,11H2,1-2H3,(H,21,24). The minimum absolute atomic E-state index is 0.148. The number of hydrogen-bond acceptors (Lipinski definition) is 5. The van der Waals surface area contributed by atoms with Crippen molar-refractivity contribution in [3.8, 4) is 0 Å². The van der Waals surface area contributed by atoms with Crippen molar-refractivity contribution in [3.63, 3.8) is 0 Å². The molecule has 0 radical (unpaired) electrons. The summed E-state index contributed by atoms with van der Waals surface area (Å²) in [6, 6.07) is 15.0. The first-order chi connectivity index (χ1) is 13.0. The van der Waals surface area contributed by atoms with E-state index in [4.69, 9.17) is 4.42 Å². The molecular formula is C20H17N3O3S. The summed E-state index contributed by atoms with van der Waals surface area (Å²) in [6.07, 6.45) is 0. The molecule has 2 aromatic carbocycles. The molecule has 7 heteroatoms. The highest BCUT2D eigenvalue weighted by atomic mass is 32.2. The minimum Gasteiger partial charge on any atom is -0.448 e. The van der Waals surface area contributed by atoms with Gasteiger partial charge in [0.1, 0.15) is 11.1 Å². The molecule has 0 saturated carbocycles. The number of hydrogen-bond donors (Lipinski definition) is 1. The number of rotatable bonds is 4. The molecule has 0 atom stereocenters. The molecule has 2 heterocycles. The van der Waals surface area contributed by atoms with Crippen LogP contribution in [0.1, 0.15) is 5.56 Å². The van der Waals surface area contributed by atoms with Gasteiger partial charge in [-0.3, -0.25) is 14.2 Å². The summed E-state index contributed by atoms with van der Waals surface area (Å²) in [5.74, 6) is -0.00723. The third kappa shape index (κ3) is 3.33. The lowest BCUT2D eigenvalue weighted by Gasteiger charge is -2.08. The molecule has 0 aliphatic carbocycles. The van der Waals surface area contributed by atoms with Gasteiger partial charge in [0, 0.05) is 18.1 Å². The van der Waals surface area contributed by atoms with Crippen LogP contribution in [0, 0.1) is 6.92 Å². The highest BCUT2D eigenvalue weighted by molar-refractivity contribution is 7.99. The fourth-order valence-electron chi connectivity index (χ4n) is 2.88. The molecule has 0 bridgehead atoms. The second kappa shape index (κ2) is 6.92. The van der Waals surface area contributed by atoms with Crippen LogP contribution in [0.5, 0.6) is 0 Å². The lowest BCUT2D eigenvalue weighted by molar-refractivity contribution is -0.113. The number of anilines is 1. The largest absolute Gasteiger partial charge is 0.448 e. The normalized spacial score (nSPS) is 11.2. The van der Waals surface area contributed by atoms with Gasteiger partial charge in [0.15, 0.2) is 5.16 Å². The Hall–Kier alpha value is -3.06. The Kier molecular flexibility index (Phi) is 4.45. The van der Waals surface area contributed by atoms with Crippen LogP contribution in [0.4, 0.5) is 5.69 Å². The number of aryl methyl sites for hydroxylation is 1. The molecule has 0 fully saturated rings. The van der Waals surface area contributed by atoms with Gasteiger partial charge in [0.05, 0.1) is 5.75 Å². The zero-order valence-corrected chi connectivity index (χ0v) is 15.7. The van der Waals surface area contributed by atoms with Crippen LogP contribution in [-0.2, 0) is 11.8 Å². The van der Waals surface area contributed by atoms with Gasteiger partial charge in [-0.2, -0.15) is 0 Å². The number of fused-ring (bicyclic) bond motifs is 3. The van der Waals surface area contributed by atoms with Crippen molar-refractivity contribution in [2.45, 2.75) is 12.1 Å². The van der Waals surface area contributed by atoms with Gasteiger partial charge in [0.2, 0.25) is 11.5 Å². The van der Waals surface area contributed by atoms with E-state index < -0.39 is 0 Å². The topological polar surface area (TPSA) is 77.1 Å². The lowest BCUT2D eigenvalue weighted by atomic mass is 10.2. The molecule has 1 amide bonds. The van der Waals surface area contributed by atoms with E-state index in [9.17, 15) is 9.59 Å². The average molecular weight is 379 g/mol. The maximum Gasteiger partial charge on any atom is 0.297 e. The van der Waals surface area contributed by atoms with Gasteiger partial charge < -0.3 is 9.73 Å². The van der Waals surface area contributed by atoms with E-state index in [2.05, 4.69) is 10.3 Å². The predicted octanol–water partition coefficient (Wildman–Crippen LogP) is 3.72. The van der Waals surface area contributed by atoms with Crippen LogP contribution >= 0.6 is 11.8 Å². The molecular weight excluding hydrogens is 362 g/mol. The Morgan fingerprint density at radius 2 is 2.04 bits per heavy atom. The number of benzene rings is 2. The first-order valence-electron chi connectivity index (χ1n) is 8.40. The number of thioether (sulfide) groups is 1. The molecule has 4 rings (SSSR count). The van der Waals surface area contributed by atoms with Crippen molar-refractivity contribution in [1.82, 2.24) is 9.55 Å². The molecule has 136 valence electrons. The van der Waals surface area contributed by atoms with Gasteiger partial charge in [-0.05, 0) is 36.8 Å². The van der Waals surface area contributed by atoms with Crippen molar-refractivity contribution < 1.29 is 9.21 Å². The summed E-state index contributed by atoms with van der Waals surface area (Å²) in [7, 11) is 1.63. The number of amides is 1. The van der Waals surface area contributed by atoms with Gasteiger partial charge in [-0.1, -0.05) is 36.0 Å². The Labute approximate surface area is 159 Å². The number of nitrogens with zero attached hydrogens (tertiary/aromatic N) is 2. The highest BCUT2D eigenvalue weighted by Crippen LogP contribution is 2.26. The van der Waals surface area contributed by atoms with Gasteiger partial charge in [-0.25, -0.2) is 4.98 Å². The maximum absolute atomic E-state index is 12.6. The van der Waals surface area contributed by atoms with Crippen molar-refractivity contribution in [1.29, 1.82) is 0 Å². The van der Waals surface area contributed by atoms with E-state index in [0.29, 0.717) is 16.3 Å². The predicted molar refractivity (Wildman–Crippen MR) is 107 cm³/mol. The number of carbonyl (C=O) groups is 1. The Bertz CT molecular complexity index is 1230. The van der Waals surface area contributed by atoms with Crippen molar-refractivity contribution >= 4 is 45.4 Å². The Morgan fingerprint density at radius 3 is 2.85 bits per heavy atom. The van der Waals surface area contributed by atoms with Gasteiger partial charge in [-0.15, -0.1) is 0 Å². The molecule has 0 unspecified atom stereocenters. The third-order valence-corrected chi connectivity index (χ3v) is 5.23.